The van der Waals surface area contributed by atoms with Gasteiger partial charge in [0.15, 0.2) is 0 Å². The van der Waals surface area contributed by atoms with Crippen molar-refractivity contribution < 1.29 is 9.53 Å². The van der Waals surface area contributed by atoms with Gasteiger partial charge in [-0.3, -0.25) is 4.79 Å². The fourth-order valence-electron chi connectivity index (χ4n) is 3.04. The number of carbonyl (C=O) groups excluding carboxylic acids is 1. The van der Waals surface area contributed by atoms with E-state index in [1.807, 2.05) is 0 Å². The second-order valence-electron chi connectivity index (χ2n) is 5.90. The Hall–Kier alpha value is -1.36. The molecule has 0 saturated carbocycles. The van der Waals surface area contributed by atoms with E-state index in [0.717, 1.165) is 31.5 Å². The van der Waals surface area contributed by atoms with Crippen molar-refractivity contribution in [2.45, 2.75) is 51.7 Å². The van der Waals surface area contributed by atoms with E-state index in [9.17, 15) is 4.79 Å². The average molecular weight is 277 g/mol. The fourth-order valence-corrected chi connectivity index (χ4v) is 3.04. The summed E-state index contributed by atoms with van der Waals surface area (Å²) < 4.78 is 7.72. The Morgan fingerprint density at radius 3 is 3.20 bits per heavy atom. The molecule has 2 aliphatic rings. The zero-order valence-corrected chi connectivity index (χ0v) is 12.1. The number of hydrogen-bond donors (Lipinski definition) is 1. The van der Waals surface area contributed by atoms with Gasteiger partial charge < -0.3 is 14.6 Å². The first-order valence-electron chi connectivity index (χ1n) is 7.68. The molecular formula is C15H23N3O2. The van der Waals surface area contributed by atoms with Crippen LogP contribution in [0.5, 0.6) is 0 Å². The Balaban J connectivity index is 1.47. The van der Waals surface area contributed by atoms with Crippen molar-refractivity contribution >= 4 is 5.91 Å². The minimum Gasteiger partial charge on any atom is -0.368 e. The summed E-state index contributed by atoms with van der Waals surface area (Å²) >= 11 is 0. The smallest absolute Gasteiger partial charge is 0.249 e. The predicted octanol–water partition coefficient (Wildman–Crippen LogP) is 1.30. The number of carbonyl (C=O) groups is 1. The molecule has 0 bridgehead atoms. The number of amides is 1. The molecule has 2 atom stereocenters. The standard InChI is InChI=1S/C15H23N3O2/c1-11-6-9-20-14(11)15(19)16-7-5-12-10-18-8-3-2-4-13(18)17-12/h10-11,14H,2-9H2,1H3,(H,16,19)/t11-,14+/m0/s1. The third-order valence-electron chi connectivity index (χ3n) is 4.28. The summed E-state index contributed by atoms with van der Waals surface area (Å²) in [5.41, 5.74) is 1.09. The molecule has 0 unspecified atom stereocenters. The highest BCUT2D eigenvalue weighted by Crippen LogP contribution is 2.20. The van der Waals surface area contributed by atoms with Crippen LogP contribution in [0.4, 0.5) is 0 Å². The van der Waals surface area contributed by atoms with Gasteiger partial charge in [0.05, 0.1) is 5.69 Å². The van der Waals surface area contributed by atoms with Gasteiger partial charge in [0.1, 0.15) is 11.9 Å². The van der Waals surface area contributed by atoms with E-state index in [2.05, 4.69) is 28.0 Å². The maximum absolute atomic E-state index is 12.0. The lowest BCUT2D eigenvalue weighted by Gasteiger charge is -2.13. The second-order valence-corrected chi connectivity index (χ2v) is 5.90. The van der Waals surface area contributed by atoms with Crippen LogP contribution in [-0.4, -0.2) is 34.7 Å². The average Bonchev–Trinajstić information content (AvgIpc) is 3.04. The predicted molar refractivity (Wildman–Crippen MR) is 75.4 cm³/mol. The maximum Gasteiger partial charge on any atom is 0.249 e. The van der Waals surface area contributed by atoms with E-state index >= 15 is 0 Å². The lowest BCUT2D eigenvalue weighted by atomic mass is 10.0. The summed E-state index contributed by atoms with van der Waals surface area (Å²) in [6, 6.07) is 0. The zero-order chi connectivity index (χ0) is 13.9. The summed E-state index contributed by atoms with van der Waals surface area (Å²) in [4.78, 5) is 16.6. The summed E-state index contributed by atoms with van der Waals surface area (Å²) in [5, 5.41) is 2.97. The molecule has 1 amide bonds. The van der Waals surface area contributed by atoms with Crippen LogP contribution in [-0.2, 0) is 28.9 Å². The lowest BCUT2D eigenvalue weighted by molar-refractivity contribution is -0.131. The molecule has 2 aliphatic heterocycles. The quantitative estimate of drug-likeness (QED) is 0.902. The molecule has 0 aliphatic carbocycles. The van der Waals surface area contributed by atoms with Crippen LogP contribution in [0.15, 0.2) is 6.20 Å². The molecule has 20 heavy (non-hydrogen) atoms. The summed E-state index contributed by atoms with van der Waals surface area (Å²) in [7, 11) is 0. The van der Waals surface area contributed by atoms with Gasteiger partial charge in [-0.25, -0.2) is 4.98 Å². The van der Waals surface area contributed by atoms with Crippen LogP contribution in [0.25, 0.3) is 0 Å². The molecule has 0 spiro atoms. The minimum absolute atomic E-state index is 0.0268. The number of aromatic nitrogens is 2. The molecule has 3 rings (SSSR count). The van der Waals surface area contributed by atoms with Crippen molar-refractivity contribution in [1.29, 1.82) is 0 Å². The van der Waals surface area contributed by atoms with Crippen LogP contribution < -0.4 is 5.32 Å². The monoisotopic (exact) mass is 277 g/mol. The van der Waals surface area contributed by atoms with Crippen molar-refractivity contribution in [3.8, 4) is 0 Å². The maximum atomic E-state index is 12.0. The van der Waals surface area contributed by atoms with E-state index in [-0.39, 0.29) is 12.0 Å². The molecular weight excluding hydrogens is 254 g/mol. The first-order valence-corrected chi connectivity index (χ1v) is 7.68. The van der Waals surface area contributed by atoms with Crippen molar-refractivity contribution in [3.05, 3.63) is 17.7 Å². The number of fused-ring (bicyclic) bond motifs is 1. The molecule has 1 fully saturated rings. The Morgan fingerprint density at radius 2 is 2.45 bits per heavy atom. The molecule has 1 aromatic heterocycles. The summed E-state index contributed by atoms with van der Waals surface area (Å²) in [5.74, 6) is 1.55. The van der Waals surface area contributed by atoms with Crippen LogP contribution in [0, 0.1) is 5.92 Å². The van der Waals surface area contributed by atoms with Crippen LogP contribution >= 0.6 is 0 Å². The van der Waals surface area contributed by atoms with Crippen LogP contribution in [0.1, 0.15) is 37.7 Å². The third-order valence-corrected chi connectivity index (χ3v) is 4.28. The third kappa shape index (κ3) is 2.87. The number of nitrogens with one attached hydrogen (secondary N) is 1. The normalized spacial score (nSPS) is 25.4. The van der Waals surface area contributed by atoms with Crippen LogP contribution in [0.3, 0.4) is 0 Å². The molecule has 0 radical (unpaired) electrons. The van der Waals surface area contributed by atoms with E-state index in [1.165, 1.54) is 18.7 Å². The molecule has 1 aromatic rings. The Morgan fingerprint density at radius 1 is 1.55 bits per heavy atom. The van der Waals surface area contributed by atoms with Crippen molar-refractivity contribution in [1.82, 2.24) is 14.9 Å². The van der Waals surface area contributed by atoms with Gasteiger partial charge in [-0.2, -0.15) is 0 Å². The molecule has 3 heterocycles. The minimum atomic E-state index is -0.259. The number of rotatable bonds is 4. The highest BCUT2D eigenvalue weighted by Gasteiger charge is 2.30. The first kappa shape index (κ1) is 13.6. The van der Waals surface area contributed by atoms with Gasteiger partial charge in [-0.1, -0.05) is 6.92 Å². The Labute approximate surface area is 119 Å². The highest BCUT2D eigenvalue weighted by molar-refractivity contribution is 5.81. The molecule has 0 aromatic carbocycles. The van der Waals surface area contributed by atoms with Crippen molar-refractivity contribution in [3.63, 3.8) is 0 Å². The van der Waals surface area contributed by atoms with Gasteiger partial charge in [0.25, 0.3) is 0 Å². The summed E-state index contributed by atoms with van der Waals surface area (Å²) in [6.45, 7) is 4.50. The Bertz CT molecular complexity index is 460. The molecule has 110 valence electrons. The number of nitrogens with zero attached hydrogens (tertiary/aromatic N) is 2. The van der Waals surface area contributed by atoms with Gasteiger partial charge in [-0.15, -0.1) is 0 Å². The SMILES string of the molecule is C[C@H]1CCO[C@H]1C(=O)NCCc1cn2c(n1)CCCC2. The highest BCUT2D eigenvalue weighted by atomic mass is 16.5. The van der Waals surface area contributed by atoms with Gasteiger partial charge in [-0.05, 0) is 25.2 Å². The van der Waals surface area contributed by atoms with Gasteiger partial charge in [0.2, 0.25) is 5.91 Å². The fraction of sp³-hybridized carbons (Fsp3) is 0.733. The second kappa shape index (κ2) is 5.95. The summed E-state index contributed by atoms with van der Waals surface area (Å²) in [6.07, 6.45) is 7.22. The van der Waals surface area contributed by atoms with E-state index in [4.69, 9.17) is 4.74 Å². The lowest BCUT2D eigenvalue weighted by Crippen LogP contribution is -2.38. The number of aryl methyl sites for hydroxylation is 2. The van der Waals surface area contributed by atoms with E-state index < -0.39 is 0 Å². The Kier molecular flexibility index (Phi) is 4.05. The topological polar surface area (TPSA) is 56.1 Å². The van der Waals surface area contributed by atoms with E-state index in [1.54, 1.807) is 0 Å². The molecule has 1 saturated heterocycles. The van der Waals surface area contributed by atoms with Crippen molar-refractivity contribution in [2.75, 3.05) is 13.2 Å². The largest absolute Gasteiger partial charge is 0.368 e. The van der Waals surface area contributed by atoms with Gasteiger partial charge >= 0.3 is 0 Å². The molecule has 5 nitrogen and oxygen atoms in total. The van der Waals surface area contributed by atoms with Crippen LogP contribution in [0.2, 0.25) is 0 Å². The zero-order valence-electron chi connectivity index (χ0n) is 12.1. The molecule has 5 heteroatoms. The van der Waals surface area contributed by atoms with Crippen molar-refractivity contribution in [2.24, 2.45) is 5.92 Å². The van der Waals surface area contributed by atoms with E-state index in [0.29, 0.717) is 19.1 Å². The van der Waals surface area contributed by atoms with Gasteiger partial charge in [0, 0.05) is 38.7 Å². The number of hydrogen-bond acceptors (Lipinski definition) is 3. The number of ether oxygens (including phenoxy) is 1. The first-order chi connectivity index (χ1) is 9.74. The molecule has 1 N–H and O–H groups in total. The number of imidazole rings is 1.